The van der Waals surface area contributed by atoms with E-state index in [-0.39, 0.29) is 17.3 Å². The van der Waals surface area contributed by atoms with E-state index in [1.165, 1.54) is 0 Å². The van der Waals surface area contributed by atoms with Crippen LogP contribution in [0.1, 0.15) is 19.3 Å². The summed E-state index contributed by atoms with van der Waals surface area (Å²) in [6, 6.07) is 16.3. The zero-order chi connectivity index (χ0) is 20.3. The number of fused-ring (bicyclic) bond motifs is 1. The summed E-state index contributed by atoms with van der Waals surface area (Å²) in [6.45, 7) is 1.33. The first kappa shape index (κ1) is 19.5. The van der Waals surface area contributed by atoms with Crippen LogP contribution in [0.3, 0.4) is 0 Å². The molecule has 1 aliphatic rings. The molecule has 0 unspecified atom stereocenters. The van der Waals surface area contributed by atoms with Gasteiger partial charge in [-0.25, -0.2) is 8.42 Å². The second kappa shape index (κ2) is 8.31. The summed E-state index contributed by atoms with van der Waals surface area (Å²) in [6.07, 6.45) is 6.69. The number of pyridine rings is 1. The Kier molecular flexibility index (Phi) is 5.60. The van der Waals surface area contributed by atoms with Crippen molar-refractivity contribution < 1.29 is 17.8 Å². The van der Waals surface area contributed by atoms with E-state index < -0.39 is 10.0 Å². The van der Waals surface area contributed by atoms with E-state index in [2.05, 4.69) is 5.32 Å². The molecule has 6 nitrogen and oxygen atoms in total. The van der Waals surface area contributed by atoms with Crippen LogP contribution >= 0.6 is 0 Å². The lowest BCUT2D eigenvalue weighted by Crippen LogP contribution is -2.39. The van der Waals surface area contributed by atoms with Crippen molar-refractivity contribution in [3.05, 3.63) is 67.0 Å². The number of rotatable bonds is 5. The molecule has 1 N–H and O–H groups in total. The Morgan fingerprint density at radius 2 is 1.62 bits per heavy atom. The Balaban J connectivity index is 1.41. The van der Waals surface area contributed by atoms with Gasteiger partial charge in [0, 0.05) is 30.2 Å². The minimum Gasteiger partial charge on any atom is -0.321 e. The van der Waals surface area contributed by atoms with Crippen molar-refractivity contribution in [2.75, 3.05) is 18.4 Å². The molecule has 1 saturated heterocycles. The number of piperidine rings is 1. The highest BCUT2D eigenvalue weighted by Gasteiger charge is 2.25. The molecule has 150 valence electrons. The van der Waals surface area contributed by atoms with Gasteiger partial charge in [-0.1, -0.05) is 24.6 Å². The maximum Gasteiger partial charge on any atom is 0.290 e. The summed E-state index contributed by atoms with van der Waals surface area (Å²) in [5.41, 5.74) is 0.578. The summed E-state index contributed by atoms with van der Waals surface area (Å²) in [4.78, 5) is 12.7. The average molecular weight is 411 g/mol. The quantitative estimate of drug-likeness (QED) is 0.658. The van der Waals surface area contributed by atoms with Gasteiger partial charge in [-0.3, -0.25) is 4.79 Å². The van der Waals surface area contributed by atoms with Gasteiger partial charge in [-0.05, 0) is 48.6 Å². The molecular formula is C22H24N3O3S+. The molecule has 0 aliphatic carbocycles. The van der Waals surface area contributed by atoms with Crippen LogP contribution in [0, 0.1) is 0 Å². The van der Waals surface area contributed by atoms with Crippen molar-refractivity contribution in [3.8, 4) is 0 Å². The number of anilines is 1. The lowest BCUT2D eigenvalue weighted by molar-refractivity contribution is -0.682. The molecule has 1 amide bonds. The molecule has 4 rings (SSSR count). The van der Waals surface area contributed by atoms with Gasteiger partial charge in [0.05, 0.1) is 4.90 Å². The fourth-order valence-corrected chi connectivity index (χ4v) is 5.12. The number of amides is 1. The molecule has 0 bridgehead atoms. The minimum atomic E-state index is -3.46. The summed E-state index contributed by atoms with van der Waals surface area (Å²) < 4.78 is 28.8. The molecule has 2 heterocycles. The molecule has 1 aromatic heterocycles. The van der Waals surface area contributed by atoms with E-state index in [1.807, 2.05) is 47.3 Å². The van der Waals surface area contributed by atoms with Crippen LogP contribution in [-0.2, 0) is 21.4 Å². The van der Waals surface area contributed by atoms with Crippen molar-refractivity contribution in [3.63, 3.8) is 0 Å². The van der Waals surface area contributed by atoms with Gasteiger partial charge in [-0.2, -0.15) is 8.87 Å². The van der Waals surface area contributed by atoms with Gasteiger partial charge in [-0.15, -0.1) is 0 Å². The van der Waals surface area contributed by atoms with Gasteiger partial charge < -0.3 is 5.32 Å². The standard InChI is InChI=1S/C22H23N3O3S/c26-22(17-24-15-12-18-6-2-3-7-19(18)16-24)23-20-8-10-21(11-9-20)29(27,28)25-13-4-1-5-14-25/h2-3,6-12,15-16H,1,4-5,13-14,17H2/p+1. The predicted octanol–water partition coefficient (Wildman–Crippen LogP) is 2.94. The Hall–Kier alpha value is -2.77. The van der Waals surface area contributed by atoms with Crippen molar-refractivity contribution in [2.24, 2.45) is 0 Å². The van der Waals surface area contributed by atoms with E-state index >= 15 is 0 Å². The van der Waals surface area contributed by atoms with Gasteiger partial charge >= 0.3 is 0 Å². The Morgan fingerprint density at radius 3 is 2.34 bits per heavy atom. The zero-order valence-electron chi connectivity index (χ0n) is 16.1. The molecule has 29 heavy (non-hydrogen) atoms. The minimum absolute atomic E-state index is 0.170. The fourth-order valence-electron chi connectivity index (χ4n) is 3.61. The first-order chi connectivity index (χ1) is 14.0. The van der Waals surface area contributed by atoms with E-state index in [1.54, 1.807) is 28.6 Å². The highest BCUT2D eigenvalue weighted by atomic mass is 32.2. The molecule has 1 aliphatic heterocycles. The molecular weight excluding hydrogens is 386 g/mol. The van der Waals surface area contributed by atoms with Gasteiger partial charge in [0.15, 0.2) is 12.4 Å². The number of carbonyl (C=O) groups is 1. The molecule has 0 radical (unpaired) electrons. The Morgan fingerprint density at radius 1 is 0.931 bits per heavy atom. The number of hydrogen-bond acceptors (Lipinski definition) is 3. The summed E-state index contributed by atoms with van der Waals surface area (Å²) in [7, 11) is -3.46. The monoisotopic (exact) mass is 410 g/mol. The summed E-state index contributed by atoms with van der Waals surface area (Å²) in [5, 5.41) is 5.01. The van der Waals surface area contributed by atoms with Gasteiger partial charge in [0.25, 0.3) is 5.91 Å². The van der Waals surface area contributed by atoms with E-state index in [4.69, 9.17) is 0 Å². The van der Waals surface area contributed by atoms with E-state index in [0.29, 0.717) is 18.8 Å². The first-order valence-corrected chi connectivity index (χ1v) is 11.2. The third-order valence-corrected chi connectivity index (χ3v) is 7.08. The second-order valence-corrected chi connectivity index (χ2v) is 9.22. The third-order valence-electron chi connectivity index (χ3n) is 5.16. The summed E-state index contributed by atoms with van der Waals surface area (Å²) >= 11 is 0. The number of aromatic nitrogens is 1. The number of hydrogen-bond donors (Lipinski definition) is 1. The Bertz CT molecular complexity index is 1120. The van der Waals surface area contributed by atoms with Crippen molar-refractivity contribution in [2.45, 2.75) is 30.7 Å². The molecule has 0 atom stereocenters. The molecule has 3 aromatic rings. The SMILES string of the molecule is O=C(C[n+]1ccc2ccccc2c1)Nc1ccc(S(=O)(=O)N2CCCCC2)cc1. The van der Waals surface area contributed by atoms with Crippen molar-refractivity contribution >= 4 is 32.4 Å². The van der Waals surface area contributed by atoms with Crippen LogP contribution in [-0.4, -0.2) is 31.7 Å². The van der Waals surface area contributed by atoms with Crippen molar-refractivity contribution in [1.82, 2.24) is 4.31 Å². The Labute approximate surface area is 170 Å². The molecule has 7 heteroatoms. The number of benzene rings is 2. The van der Waals surface area contributed by atoms with Crippen LogP contribution in [0.2, 0.25) is 0 Å². The number of nitrogens with zero attached hydrogens (tertiary/aromatic N) is 2. The smallest absolute Gasteiger partial charge is 0.290 e. The van der Waals surface area contributed by atoms with Gasteiger partial charge in [0.2, 0.25) is 16.6 Å². The van der Waals surface area contributed by atoms with Gasteiger partial charge in [0.1, 0.15) is 0 Å². The van der Waals surface area contributed by atoms with Crippen LogP contribution in [0.25, 0.3) is 10.8 Å². The second-order valence-electron chi connectivity index (χ2n) is 7.28. The van der Waals surface area contributed by atoms with Crippen LogP contribution in [0.15, 0.2) is 71.9 Å². The maximum absolute atomic E-state index is 12.7. The summed E-state index contributed by atoms with van der Waals surface area (Å²) in [5.74, 6) is -0.170. The maximum atomic E-state index is 12.7. The highest BCUT2D eigenvalue weighted by molar-refractivity contribution is 7.89. The molecule has 1 fully saturated rings. The topological polar surface area (TPSA) is 70.4 Å². The third kappa shape index (κ3) is 4.46. The number of nitrogens with one attached hydrogen (secondary N) is 1. The lowest BCUT2D eigenvalue weighted by atomic mass is 10.2. The highest BCUT2D eigenvalue weighted by Crippen LogP contribution is 2.22. The van der Waals surface area contributed by atoms with E-state index in [9.17, 15) is 13.2 Å². The lowest BCUT2D eigenvalue weighted by Gasteiger charge is -2.25. The van der Waals surface area contributed by atoms with E-state index in [0.717, 1.165) is 30.0 Å². The first-order valence-electron chi connectivity index (χ1n) is 9.80. The molecule has 0 saturated carbocycles. The zero-order valence-corrected chi connectivity index (χ0v) is 16.9. The van der Waals surface area contributed by atoms with Crippen LogP contribution in [0.4, 0.5) is 5.69 Å². The average Bonchev–Trinajstić information content (AvgIpc) is 2.74. The van der Waals surface area contributed by atoms with Crippen LogP contribution in [0.5, 0.6) is 0 Å². The largest absolute Gasteiger partial charge is 0.321 e. The fraction of sp³-hybridized carbons (Fsp3) is 0.273. The van der Waals surface area contributed by atoms with Crippen LogP contribution < -0.4 is 9.88 Å². The number of carbonyl (C=O) groups excluding carboxylic acids is 1. The molecule has 2 aromatic carbocycles. The normalized spacial score (nSPS) is 15.3. The number of sulfonamides is 1. The van der Waals surface area contributed by atoms with Crippen molar-refractivity contribution in [1.29, 1.82) is 0 Å². The molecule has 0 spiro atoms. The predicted molar refractivity (Wildman–Crippen MR) is 112 cm³/mol.